The van der Waals surface area contributed by atoms with Crippen LogP contribution in [0.2, 0.25) is 5.02 Å². The standard InChI is InChI=1S/C18H20ClO3P/c1-3-21-23(20,22-4-2)18-14-17(19)13-12-16(18)11-10-15-8-6-5-7-9-15/h5-14H,3-4H2,1-2H3/b11-10+. The summed E-state index contributed by atoms with van der Waals surface area (Å²) in [4.78, 5) is 0. The molecule has 0 fully saturated rings. The third-order valence-corrected chi connectivity index (χ3v) is 5.55. The zero-order valence-electron chi connectivity index (χ0n) is 13.2. The number of benzene rings is 2. The van der Waals surface area contributed by atoms with Crippen molar-refractivity contribution in [3.63, 3.8) is 0 Å². The van der Waals surface area contributed by atoms with E-state index in [2.05, 4.69) is 0 Å². The highest BCUT2D eigenvalue weighted by Crippen LogP contribution is 2.48. The topological polar surface area (TPSA) is 35.5 Å². The second-order valence-corrected chi connectivity index (χ2v) is 7.21. The molecule has 0 atom stereocenters. The zero-order chi connectivity index (χ0) is 16.7. The fraction of sp³-hybridized carbons (Fsp3) is 0.222. The van der Waals surface area contributed by atoms with Crippen LogP contribution in [0.1, 0.15) is 25.0 Å². The van der Waals surface area contributed by atoms with E-state index in [9.17, 15) is 4.57 Å². The molecule has 2 aromatic rings. The van der Waals surface area contributed by atoms with Crippen LogP contribution in [0.25, 0.3) is 12.2 Å². The van der Waals surface area contributed by atoms with E-state index in [1.54, 1.807) is 26.0 Å². The van der Waals surface area contributed by atoms with Gasteiger partial charge < -0.3 is 9.05 Å². The zero-order valence-corrected chi connectivity index (χ0v) is 14.9. The van der Waals surface area contributed by atoms with Crippen LogP contribution in [-0.2, 0) is 13.6 Å². The molecule has 122 valence electrons. The minimum atomic E-state index is -3.39. The maximum absolute atomic E-state index is 13.1. The molecule has 0 amide bonds. The molecule has 23 heavy (non-hydrogen) atoms. The van der Waals surface area contributed by atoms with E-state index in [4.69, 9.17) is 20.6 Å². The molecule has 0 saturated heterocycles. The lowest BCUT2D eigenvalue weighted by atomic mass is 10.1. The Bertz CT molecular complexity index is 703. The maximum Gasteiger partial charge on any atom is 0.361 e. The van der Waals surface area contributed by atoms with Crippen molar-refractivity contribution in [2.75, 3.05) is 13.2 Å². The van der Waals surface area contributed by atoms with Crippen molar-refractivity contribution in [1.82, 2.24) is 0 Å². The molecule has 0 aliphatic rings. The number of rotatable bonds is 7. The average molecular weight is 351 g/mol. The van der Waals surface area contributed by atoms with Gasteiger partial charge in [-0.25, -0.2) is 0 Å². The molecule has 3 nitrogen and oxygen atoms in total. The molecule has 0 spiro atoms. The molecule has 0 heterocycles. The van der Waals surface area contributed by atoms with Gasteiger partial charge in [0.2, 0.25) is 0 Å². The van der Waals surface area contributed by atoms with Crippen LogP contribution < -0.4 is 5.30 Å². The van der Waals surface area contributed by atoms with Gasteiger partial charge in [0.05, 0.1) is 18.5 Å². The van der Waals surface area contributed by atoms with Crippen molar-refractivity contribution in [1.29, 1.82) is 0 Å². The van der Waals surface area contributed by atoms with Gasteiger partial charge in [0, 0.05) is 5.02 Å². The SMILES string of the molecule is CCOP(=O)(OCC)c1cc(Cl)ccc1/C=C/c1ccccc1. The van der Waals surface area contributed by atoms with Crippen LogP contribution in [0.15, 0.2) is 48.5 Å². The molecule has 0 aliphatic carbocycles. The van der Waals surface area contributed by atoms with E-state index in [0.717, 1.165) is 11.1 Å². The highest BCUT2D eigenvalue weighted by molar-refractivity contribution is 7.62. The Morgan fingerprint density at radius 1 is 1.00 bits per heavy atom. The van der Waals surface area contributed by atoms with Gasteiger partial charge in [-0.3, -0.25) is 4.57 Å². The average Bonchev–Trinajstić information content (AvgIpc) is 2.55. The Morgan fingerprint density at radius 3 is 2.26 bits per heavy atom. The molecule has 0 aromatic heterocycles. The smallest absolute Gasteiger partial charge is 0.305 e. The second-order valence-electron chi connectivity index (χ2n) is 4.78. The molecule has 0 N–H and O–H groups in total. The normalized spacial score (nSPS) is 12.0. The number of hydrogen-bond donors (Lipinski definition) is 0. The van der Waals surface area contributed by atoms with Gasteiger partial charge in [0.15, 0.2) is 0 Å². The lowest BCUT2D eigenvalue weighted by Crippen LogP contribution is -2.14. The van der Waals surface area contributed by atoms with E-state index in [0.29, 0.717) is 23.5 Å². The fourth-order valence-electron chi connectivity index (χ4n) is 2.16. The van der Waals surface area contributed by atoms with Crippen molar-refractivity contribution in [2.24, 2.45) is 0 Å². The van der Waals surface area contributed by atoms with Gasteiger partial charge >= 0.3 is 7.60 Å². The van der Waals surface area contributed by atoms with E-state index in [-0.39, 0.29) is 0 Å². The quantitative estimate of drug-likeness (QED) is 0.495. The Kier molecular flexibility index (Phi) is 6.61. The summed E-state index contributed by atoms with van der Waals surface area (Å²) in [7, 11) is -3.39. The minimum Gasteiger partial charge on any atom is -0.305 e. The van der Waals surface area contributed by atoms with Gasteiger partial charge in [0.25, 0.3) is 0 Å². The van der Waals surface area contributed by atoms with Crippen molar-refractivity contribution in [2.45, 2.75) is 13.8 Å². The fourth-order valence-corrected chi connectivity index (χ4v) is 4.20. The second kappa shape index (κ2) is 8.47. The summed E-state index contributed by atoms with van der Waals surface area (Å²) in [5.74, 6) is 0. The summed E-state index contributed by atoms with van der Waals surface area (Å²) in [5, 5.41) is 0.984. The van der Waals surface area contributed by atoms with Crippen LogP contribution in [-0.4, -0.2) is 13.2 Å². The van der Waals surface area contributed by atoms with Crippen molar-refractivity contribution < 1.29 is 13.6 Å². The molecular weight excluding hydrogens is 331 g/mol. The van der Waals surface area contributed by atoms with Crippen molar-refractivity contribution >= 4 is 36.7 Å². The first-order valence-electron chi connectivity index (χ1n) is 7.51. The Balaban J connectivity index is 2.44. The van der Waals surface area contributed by atoms with Gasteiger partial charge in [-0.1, -0.05) is 60.2 Å². The van der Waals surface area contributed by atoms with Crippen LogP contribution >= 0.6 is 19.2 Å². The molecule has 2 aromatic carbocycles. The van der Waals surface area contributed by atoms with Crippen LogP contribution in [0.4, 0.5) is 0 Å². The van der Waals surface area contributed by atoms with Crippen LogP contribution in [0, 0.1) is 0 Å². The summed E-state index contributed by atoms with van der Waals surface area (Å²) in [6.45, 7) is 4.17. The summed E-state index contributed by atoms with van der Waals surface area (Å²) < 4.78 is 24.0. The predicted molar refractivity (Wildman–Crippen MR) is 97.3 cm³/mol. The Hall–Kier alpha value is -1.38. The third kappa shape index (κ3) is 4.79. The molecule has 2 rings (SSSR count). The highest BCUT2D eigenvalue weighted by Gasteiger charge is 2.29. The molecule has 0 unspecified atom stereocenters. The molecule has 0 bridgehead atoms. The first-order valence-corrected chi connectivity index (χ1v) is 9.43. The number of halogens is 1. The van der Waals surface area contributed by atoms with E-state index < -0.39 is 7.60 Å². The van der Waals surface area contributed by atoms with Crippen molar-refractivity contribution in [3.8, 4) is 0 Å². The van der Waals surface area contributed by atoms with Crippen LogP contribution in [0.3, 0.4) is 0 Å². The van der Waals surface area contributed by atoms with Crippen LogP contribution in [0.5, 0.6) is 0 Å². The van der Waals surface area contributed by atoms with Gasteiger partial charge in [-0.2, -0.15) is 0 Å². The Labute approximate surface area is 142 Å². The first kappa shape index (κ1) is 18.0. The Morgan fingerprint density at radius 2 is 1.65 bits per heavy atom. The minimum absolute atomic E-state index is 0.297. The molecule has 0 radical (unpaired) electrons. The lowest BCUT2D eigenvalue weighted by Gasteiger charge is -2.19. The first-order chi connectivity index (χ1) is 11.1. The van der Waals surface area contributed by atoms with E-state index in [1.807, 2.05) is 48.6 Å². The summed E-state index contributed by atoms with van der Waals surface area (Å²) in [6, 6.07) is 15.1. The number of hydrogen-bond acceptors (Lipinski definition) is 3. The molecular formula is C18H20ClO3P. The van der Waals surface area contributed by atoms with Crippen molar-refractivity contribution in [3.05, 3.63) is 64.7 Å². The lowest BCUT2D eigenvalue weighted by molar-refractivity contribution is 0.230. The third-order valence-electron chi connectivity index (χ3n) is 3.14. The summed E-state index contributed by atoms with van der Waals surface area (Å²) in [6.07, 6.45) is 3.85. The molecule has 5 heteroatoms. The monoisotopic (exact) mass is 350 g/mol. The van der Waals surface area contributed by atoms with Gasteiger partial charge in [-0.15, -0.1) is 0 Å². The molecule has 0 aliphatic heterocycles. The largest absolute Gasteiger partial charge is 0.361 e. The highest BCUT2D eigenvalue weighted by atomic mass is 35.5. The maximum atomic E-state index is 13.1. The van der Waals surface area contributed by atoms with E-state index in [1.165, 1.54) is 0 Å². The van der Waals surface area contributed by atoms with Gasteiger partial charge in [-0.05, 0) is 37.1 Å². The van der Waals surface area contributed by atoms with E-state index >= 15 is 0 Å². The molecule has 0 saturated carbocycles. The summed E-state index contributed by atoms with van der Waals surface area (Å²) >= 11 is 6.08. The predicted octanol–water partition coefficient (Wildman–Crippen LogP) is 5.40. The summed E-state index contributed by atoms with van der Waals surface area (Å²) in [5.41, 5.74) is 1.82. The van der Waals surface area contributed by atoms with Gasteiger partial charge in [0.1, 0.15) is 0 Å².